The molecule has 78 valence electrons. The molecule has 8 heteroatoms. The van der Waals surface area contributed by atoms with Crippen molar-refractivity contribution in [1.82, 2.24) is 0 Å². The van der Waals surface area contributed by atoms with Gasteiger partial charge >= 0.3 is 35.2 Å². The number of rotatable bonds is 3. The summed E-state index contributed by atoms with van der Waals surface area (Å²) >= 11 is -2.23. The molecule has 0 aliphatic carbocycles. The van der Waals surface area contributed by atoms with Crippen LogP contribution < -0.4 is 4.74 Å². The summed E-state index contributed by atoms with van der Waals surface area (Å²) in [7, 11) is 1.29. The summed E-state index contributed by atoms with van der Waals surface area (Å²) in [5.74, 6) is 0.0594. The van der Waals surface area contributed by atoms with E-state index in [1.165, 1.54) is 19.2 Å². The van der Waals surface area contributed by atoms with Gasteiger partial charge in [0, 0.05) is 6.07 Å². The Bertz CT molecular complexity index is 397. The maximum atomic E-state index is 10.6. The van der Waals surface area contributed by atoms with Crippen LogP contribution in [0, 0.1) is 10.1 Å². The SMILES string of the molecule is COc1ccc(S(=O)O)cc1[N+](=O)[O-].[NaH]. The van der Waals surface area contributed by atoms with E-state index in [1.54, 1.807) is 0 Å². The Labute approximate surface area is 110 Å². The Balaban J connectivity index is 0.00000196. The first-order valence-corrected chi connectivity index (χ1v) is 4.60. The summed E-state index contributed by atoms with van der Waals surface area (Å²) in [6, 6.07) is 3.58. The molecule has 0 spiro atoms. The minimum atomic E-state index is -2.23. The van der Waals surface area contributed by atoms with Crippen LogP contribution in [0.3, 0.4) is 0 Å². The van der Waals surface area contributed by atoms with E-state index in [4.69, 9.17) is 9.29 Å². The Morgan fingerprint density at radius 3 is 2.53 bits per heavy atom. The van der Waals surface area contributed by atoms with E-state index in [1.807, 2.05) is 0 Å². The molecule has 0 bridgehead atoms. The predicted octanol–water partition coefficient (Wildman–Crippen LogP) is 0.535. The molecule has 1 rings (SSSR count). The first kappa shape index (κ1) is 14.5. The zero-order valence-corrected chi connectivity index (χ0v) is 7.98. The second-order valence-electron chi connectivity index (χ2n) is 2.34. The van der Waals surface area contributed by atoms with Crippen LogP contribution in [-0.4, -0.2) is 50.4 Å². The van der Waals surface area contributed by atoms with E-state index >= 15 is 0 Å². The average Bonchev–Trinajstić information content (AvgIpc) is 2.16. The van der Waals surface area contributed by atoms with Crippen LogP contribution in [0.4, 0.5) is 5.69 Å². The van der Waals surface area contributed by atoms with Crippen molar-refractivity contribution in [2.75, 3.05) is 7.11 Å². The van der Waals surface area contributed by atoms with Crippen LogP contribution in [0.2, 0.25) is 0 Å². The van der Waals surface area contributed by atoms with E-state index in [2.05, 4.69) is 0 Å². The fourth-order valence-corrected chi connectivity index (χ4v) is 1.32. The van der Waals surface area contributed by atoms with E-state index in [0.717, 1.165) is 6.07 Å². The normalized spacial score (nSPS) is 11.3. The first-order valence-electron chi connectivity index (χ1n) is 3.49. The number of nitrogens with zero attached hydrogens (tertiary/aromatic N) is 1. The van der Waals surface area contributed by atoms with Crippen molar-refractivity contribution < 1.29 is 18.4 Å². The van der Waals surface area contributed by atoms with Crippen LogP contribution in [0.1, 0.15) is 0 Å². The molecule has 0 aliphatic heterocycles. The third-order valence-electron chi connectivity index (χ3n) is 1.55. The van der Waals surface area contributed by atoms with Gasteiger partial charge in [0.1, 0.15) is 0 Å². The summed E-state index contributed by atoms with van der Waals surface area (Å²) in [6.45, 7) is 0. The molecule has 1 unspecified atom stereocenters. The Morgan fingerprint density at radius 1 is 1.53 bits per heavy atom. The van der Waals surface area contributed by atoms with Crippen LogP contribution in [0.25, 0.3) is 0 Å². The monoisotopic (exact) mass is 241 g/mol. The van der Waals surface area contributed by atoms with Gasteiger partial charge < -0.3 is 9.29 Å². The number of hydrogen-bond acceptors (Lipinski definition) is 4. The van der Waals surface area contributed by atoms with Crippen molar-refractivity contribution in [2.45, 2.75) is 4.90 Å². The van der Waals surface area contributed by atoms with Gasteiger partial charge in [0.25, 0.3) is 0 Å². The summed E-state index contributed by atoms with van der Waals surface area (Å²) < 4.78 is 24.0. The quantitative estimate of drug-likeness (QED) is 0.361. The van der Waals surface area contributed by atoms with Crippen molar-refractivity contribution in [1.29, 1.82) is 0 Å². The average molecular weight is 241 g/mol. The van der Waals surface area contributed by atoms with Gasteiger partial charge in [-0.3, -0.25) is 10.1 Å². The van der Waals surface area contributed by atoms with E-state index in [9.17, 15) is 14.3 Å². The third-order valence-corrected chi connectivity index (χ3v) is 2.21. The van der Waals surface area contributed by atoms with E-state index < -0.39 is 16.0 Å². The molecule has 0 saturated heterocycles. The van der Waals surface area contributed by atoms with Gasteiger partial charge in [-0.2, -0.15) is 0 Å². The van der Waals surface area contributed by atoms with Crippen molar-refractivity contribution in [3.63, 3.8) is 0 Å². The maximum absolute atomic E-state index is 10.6. The number of benzene rings is 1. The van der Waals surface area contributed by atoms with E-state index in [0.29, 0.717) is 0 Å². The Hall–Kier alpha value is -0.470. The summed E-state index contributed by atoms with van der Waals surface area (Å²) in [5.41, 5.74) is -0.326. The van der Waals surface area contributed by atoms with Crippen molar-refractivity contribution in [3.05, 3.63) is 28.3 Å². The molecule has 0 radical (unpaired) electrons. The molecule has 6 nitrogen and oxygen atoms in total. The fraction of sp³-hybridized carbons (Fsp3) is 0.143. The van der Waals surface area contributed by atoms with Gasteiger partial charge in [0.05, 0.1) is 16.9 Å². The van der Waals surface area contributed by atoms with E-state index in [-0.39, 0.29) is 45.9 Å². The molecule has 1 aromatic carbocycles. The van der Waals surface area contributed by atoms with Crippen LogP contribution in [0.5, 0.6) is 5.75 Å². The Kier molecular flexibility index (Phi) is 5.99. The van der Waals surface area contributed by atoms with Crippen molar-refractivity contribution in [3.8, 4) is 5.75 Å². The van der Waals surface area contributed by atoms with Crippen molar-refractivity contribution >= 4 is 46.3 Å². The molecule has 15 heavy (non-hydrogen) atoms. The molecule has 0 aliphatic rings. The number of hydrogen-bond donors (Lipinski definition) is 1. The second kappa shape index (κ2) is 6.19. The molecule has 1 N–H and O–H groups in total. The molecule has 0 saturated carbocycles. The van der Waals surface area contributed by atoms with Gasteiger partial charge in [0.15, 0.2) is 16.8 Å². The van der Waals surface area contributed by atoms with Crippen molar-refractivity contribution in [2.24, 2.45) is 0 Å². The van der Waals surface area contributed by atoms with Gasteiger partial charge in [-0.05, 0) is 12.1 Å². The topological polar surface area (TPSA) is 89.7 Å². The van der Waals surface area contributed by atoms with Crippen LogP contribution in [0.15, 0.2) is 23.1 Å². The number of methoxy groups -OCH3 is 1. The molecule has 1 aromatic rings. The minimum absolute atomic E-state index is 0. The molecule has 0 fully saturated rings. The number of ether oxygens (including phenoxy) is 1. The second-order valence-corrected chi connectivity index (χ2v) is 3.31. The van der Waals surface area contributed by atoms with Crippen LogP contribution in [-0.2, 0) is 11.1 Å². The van der Waals surface area contributed by atoms with Gasteiger partial charge in [-0.25, -0.2) is 4.21 Å². The molecular formula is C7H8NNaO5S. The zero-order chi connectivity index (χ0) is 10.7. The first-order chi connectivity index (χ1) is 6.56. The molecule has 0 aromatic heterocycles. The zero-order valence-electron chi connectivity index (χ0n) is 7.17. The van der Waals surface area contributed by atoms with Gasteiger partial charge in [-0.15, -0.1) is 0 Å². The predicted molar refractivity (Wildman–Crippen MR) is 55.8 cm³/mol. The third kappa shape index (κ3) is 3.54. The molecular weight excluding hydrogens is 233 g/mol. The van der Waals surface area contributed by atoms with Crippen LogP contribution >= 0.6 is 0 Å². The molecule has 0 amide bonds. The summed E-state index contributed by atoms with van der Waals surface area (Å²) in [4.78, 5) is 9.80. The summed E-state index contributed by atoms with van der Waals surface area (Å²) in [5, 5.41) is 10.5. The number of nitro benzene ring substituents is 1. The van der Waals surface area contributed by atoms with Gasteiger partial charge in [0.2, 0.25) is 0 Å². The molecule has 1 atom stereocenters. The van der Waals surface area contributed by atoms with Gasteiger partial charge in [-0.1, -0.05) is 0 Å². The molecule has 0 heterocycles. The standard InChI is InChI=1S/C7H7NO5S.Na.H/c1-13-7-3-2-5(14(11)12)4-6(7)8(9)10;;/h2-4H,1H3,(H,11,12);;. The Morgan fingerprint density at radius 2 is 2.13 bits per heavy atom. The fourth-order valence-electron chi connectivity index (χ4n) is 0.921. The summed E-state index contributed by atoms with van der Waals surface area (Å²) in [6.07, 6.45) is 0. The number of nitro groups is 1.